The summed E-state index contributed by atoms with van der Waals surface area (Å²) in [6.45, 7) is 7.67. The molecule has 92 valence electrons. The molecule has 0 aliphatic rings. The van der Waals surface area contributed by atoms with E-state index in [1.54, 1.807) is 0 Å². The Morgan fingerprint density at radius 3 is 2.53 bits per heavy atom. The van der Waals surface area contributed by atoms with E-state index in [2.05, 4.69) is 43.7 Å². The van der Waals surface area contributed by atoms with Crippen molar-refractivity contribution in [3.8, 4) is 0 Å². The van der Waals surface area contributed by atoms with Gasteiger partial charge in [0.1, 0.15) is 0 Å². The van der Waals surface area contributed by atoms with Gasteiger partial charge < -0.3 is 9.67 Å². The monoisotopic (exact) mass is 231 g/mol. The average molecular weight is 231 g/mol. The number of hydrogen-bond acceptors (Lipinski definition) is 1. The molecule has 1 N–H and O–H groups in total. The minimum absolute atomic E-state index is 0.256. The molecule has 2 aromatic rings. The summed E-state index contributed by atoms with van der Waals surface area (Å²) in [6.07, 6.45) is 4.12. The Morgan fingerprint density at radius 2 is 1.88 bits per heavy atom. The molecule has 0 amide bonds. The van der Waals surface area contributed by atoms with Crippen molar-refractivity contribution in [1.29, 1.82) is 0 Å². The molecule has 0 aliphatic carbocycles. The highest BCUT2D eigenvalue weighted by molar-refractivity contribution is 5.85. The maximum Gasteiger partial charge on any atom is 0.0486 e. The van der Waals surface area contributed by atoms with E-state index in [0.717, 1.165) is 19.4 Å². The van der Waals surface area contributed by atoms with E-state index in [1.165, 1.54) is 27.6 Å². The van der Waals surface area contributed by atoms with Gasteiger partial charge in [-0.15, -0.1) is 0 Å². The van der Waals surface area contributed by atoms with Crippen LogP contribution in [0.1, 0.15) is 30.0 Å². The van der Waals surface area contributed by atoms with Crippen LogP contribution in [-0.4, -0.2) is 16.3 Å². The van der Waals surface area contributed by atoms with E-state index >= 15 is 0 Å². The first kappa shape index (κ1) is 12.2. The molecule has 0 atom stereocenters. The largest absolute Gasteiger partial charge is 0.396 e. The van der Waals surface area contributed by atoms with Gasteiger partial charge >= 0.3 is 0 Å². The molecular weight excluding hydrogens is 210 g/mol. The first-order valence-electron chi connectivity index (χ1n) is 6.37. The molecule has 0 fully saturated rings. The highest BCUT2D eigenvalue weighted by Crippen LogP contribution is 2.25. The number of aliphatic hydroxyl groups is 1. The minimum Gasteiger partial charge on any atom is -0.396 e. The zero-order valence-electron chi connectivity index (χ0n) is 11.0. The third kappa shape index (κ3) is 2.22. The van der Waals surface area contributed by atoms with E-state index in [4.69, 9.17) is 5.11 Å². The summed E-state index contributed by atoms with van der Waals surface area (Å²) < 4.78 is 2.27. The Bertz CT molecular complexity index is 525. The number of hydrogen-bond donors (Lipinski definition) is 1. The second-order valence-electron chi connectivity index (χ2n) is 4.73. The van der Waals surface area contributed by atoms with Gasteiger partial charge in [0.05, 0.1) is 0 Å². The molecule has 0 unspecified atom stereocenters. The van der Waals surface area contributed by atoms with Crippen LogP contribution in [0.25, 0.3) is 10.9 Å². The lowest BCUT2D eigenvalue weighted by Crippen LogP contribution is -1.98. The Hall–Kier alpha value is -1.28. The van der Waals surface area contributed by atoms with Crippen molar-refractivity contribution in [3.05, 3.63) is 35.0 Å². The lowest BCUT2D eigenvalue weighted by molar-refractivity contribution is 0.280. The summed E-state index contributed by atoms with van der Waals surface area (Å²) in [5.74, 6) is 0. The number of rotatable bonds is 4. The Balaban J connectivity index is 2.57. The quantitative estimate of drug-likeness (QED) is 0.859. The number of aromatic nitrogens is 1. The lowest BCUT2D eigenvalue weighted by atomic mass is 10.0. The van der Waals surface area contributed by atoms with Crippen LogP contribution in [0.4, 0.5) is 0 Å². The van der Waals surface area contributed by atoms with Crippen molar-refractivity contribution >= 4 is 10.9 Å². The summed E-state index contributed by atoms with van der Waals surface area (Å²) in [5.41, 5.74) is 5.40. The maximum atomic E-state index is 8.95. The van der Waals surface area contributed by atoms with Gasteiger partial charge in [0, 0.05) is 30.3 Å². The van der Waals surface area contributed by atoms with Gasteiger partial charge in [0.25, 0.3) is 0 Å². The molecule has 17 heavy (non-hydrogen) atoms. The van der Waals surface area contributed by atoms with Crippen molar-refractivity contribution in [2.24, 2.45) is 0 Å². The van der Waals surface area contributed by atoms with Crippen LogP contribution in [0.5, 0.6) is 0 Å². The van der Waals surface area contributed by atoms with Crippen molar-refractivity contribution in [3.63, 3.8) is 0 Å². The first-order valence-corrected chi connectivity index (χ1v) is 6.37. The van der Waals surface area contributed by atoms with Gasteiger partial charge in [0.15, 0.2) is 0 Å². The highest BCUT2D eigenvalue weighted by atomic mass is 16.3. The van der Waals surface area contributed by atoms with Crippen LogP contribution in [0.2, 0.25) is 0 Å². The molecule has 1 aromatic carbocycles. The Morgan fingerprint density at radius 1 is 1.18 bits per heavy atom. The topological polar surface area (TPSA) is 25.2 Å². The van der Waals surface area contributed by atoms with Crippen molar-refractivity contribution in [1.82, 2.24) is 4.57 Å². The van der Waals surface area contributed by atoms with E-state index < -0.39 is 0 Å². The zero-order chi connectivity index (χ0) is 12.4. The molecule has 0 aliphatic heterocycles. The zero-order valence-corrected chi connectivity index (χ0v) is 11.0. The lowest BCUT2D eigenvalue weighted by Gasteiger charge is -2.06. The van der Waals surface area contributed by atoms with Crippen LogP contribution in [0.15, 0.2) is 18.3 Å². The van der Waals surface area contributed by atoms with Crippen LogP contribution in [0.3, 0.4) is 0 Å². The van der Waals surface area contributed by atoms with Crippen LogP contribution >= 0.6 is 0 Å². The fraction of sp³-hybridized carbons (Fsp3) is 0.467. The fourth-order valence-corrected chi connectivity index (χ4v) is 2.33. The van der Waals surface area contributed by atoms with Crippen LogP contribution in [0, 0.1) is 13.8 Å². The first-order chi connectivity index (χ1) is 8.17. The minimum atomic E-state index is 0.256. The second-order valence-corrected chi connectivity index (χ2v) is 4.73. The third-order valence-electron chi connectivity index (χ3n) is 3.52. The standard InChI is InChI=1S/C15H21NO/c1-4-13-10-16(6-5-7-17)15-9-12(3)11(2)8-14(13)15/h8-10,17H,4-7H2,1-3H3. The van der Waals surface area contributed by atoms with Gasteiger partial charge in [-0.25, -0.2) is 0 Å². The predicted octanol–water partition coefficient (Wildman–Crippen LogP) is 3.20. The third-order valence-corrected chi connectivity index (χ3v) is 3.52. The van der Waals surface area contributed by atoms with Gasteiger partial charge in [-0.2, -0.15) is 0 Å². The van der Waals surface area contributed by atoms with Gasteiger partial charge in [-0.3, -0.25) is 0 Å². The second kappa shape index (κ2) is 4.92. The summed E-state index contributed by atoms with van der Waals surface area (Å²) in [7, 11) is 0. The average Bonchev–Trinajstić information content (AvgIpc) is 2.65. The van der Waals surface area contributed by atoms with Crippen molar-refractivity contribution in [2.45, 2.75) is 40.2 Å². The number of fused-ring (bicyclic) bond motifs is 1. The molecule has 2 heteroatoms. The van der Waals surface area contributed by atoms with Crippen LogP contribution < -0.4 is 0 Å². The maximum absolute atomic E-state index is 8.95. The van der Waals surface area contributed by atoms with E-state index in [0.29, 0.717) is 0 Å². The SMILES string of the molecule is CCc1cn(CCCO)c2cc(C)c(C)cc12. The molecule has 2 nitrogen and oxygen atoms in total. The van der Waals surface area contributed by atoms with Gasteiger partial charge in [-0.05, 0) is 55.5 Å². The summed E-state index contributed by atoms with van der Waals surface area (Å²) in [5, 5.41) is 10.3. The summed E-state index contributed by atoms with van der Waals surface area (Å²) in [6, 6.07) is 4.56. The molecular formula is C15H21NO. The van der Waals surface area contributed by atoms with Gasteiger partial charge in [-0.1, -0.05) is 6.92 Å². The van der Waals surface area contributed by atoms with E-state index in [-0.39, 0.29) is 6.61 Å². The summed E-state index contributed by atoms with van der Waals surface area (Å²) >= 11 is 0. The van der Waals surface area contributed by atoms with E-state index in [9.17, 15) is 0 Å². The molecule has 0 saturated carbocycles. The fourth-order valence-electron chi connectivity index (χ4n) is 2.33. The van der Waals surface area contributed by atoms with Crippen molar-refractivity contribution in [2.75, 3.05) is 6.61 Å². The molecule has 0 radical (unpaired) electrons. The molecule has 0 bridgehead atoms. The predicted molar refractivity (Wildman–Crippen MR) is 72.5 cm³/mol. The Kier molecular flexibility index (Phi) is 3.53. The molecule has 1 heterocycles. The number of nitrogens with zero attached hydrogens (tertiary/aromatic N) is 1. The highest BCUT2D eigenvalue weighted by Gasteiger charge is 2.08. The van der Waals surface area contributed by atoms with Gasteiger partial charge in [0.2, 0.25) is 0 Å². The molecule has 2 rings (SSSR count). The normalized spacial score (nSPS) is 11.3. The molecule has 1 aromatic heterocycles. The smallest absolute Gasteiger partial charge is 0.0486 e. The Labute approximate surface area is 103 Å². The van der Waals surface area contributed by atoms with Crippen molar-refractivity contribution < 1.29 is 5.11 Å². The van der Waals surface area contributed by atoms with E-state index in [1.807, 2.05) is 0 Å². The molecule has 0 saturated heterocycles. The number of benzene rings is 1. The number of aryl methyl sites for hydroxylation is 4. The summed E-state index contributed by atoms with van der Waals surface area (Å²) in [4.78, 5) is 0. The van der Waals surface area contributed by atoms with Crippen LogP contribution in [-0.2, 0) is 13.0 Å². The number of aliphatic hydroxyl groups excluding tert-OH is 1. The molecule has 0 spiro atoms.